The summed E-state index contributed by atoms with van der Waals surface area (Å²) < 4.78 is 1.27. The number of carbonyl (C=O) groups excluding carboxylic acids is 1. The van der Waals surface area contributed by atoms with E-state index in [1.54, 1.807) is 24.7 Å². The van der Waals surface area contributed by atoms with Crippen LogP contribution in [0.2, 0.25) is 0 Å². The van der Waals surface area contributed by atoms with Crippen molar-refractivity contribution < 1.29 is 14.7 Å². The molecule has 2 atom stereocenters. The Morgan fingerprint density at radius 1 is 1.31 bits per heavy atom. The van der Waals surface area contributed by atoms with Gasteiger partial charge in [-0.2, -0.15) is 0 Å². The first-order valence-corrected chi connectivity index (χ1v) is 8.26. The number of aliphatic carboxylic acids is 1. The maximum absolute atomic E-state index is 12.7. The van der Waals surface area contributed by atoms with E-state index in [-0.39, 0.29) is 11.8 Å². The number of hydrogen-bond donors (Lipinski definition) is 3. The molecule has 0 saturated heterocycles. The molecule has 26 heavy (non-hydrogen) atoms. The second-order valence-corrected chi connectivity index (χ2v) is 6.43. The SMILES string of the molecule is CC(C)C(NC(=O)c1c[nH]c2cccnc12)c1cn(C(C)C(=O)O)nn1. The number of nitrogens with one attached hydrogen (secondary N) is 2. The predicted molar refractivity (Wildman–Crippen MR) is 93.5 cm³/mol. The molecule has 0 bridgehead atoms. The highest BCUT2D eigenvalue weighted by Gasteiger charge is 2.25. The first-order valence-electron chi connectivity index (χ1n) is 8.26. The third kappa shape index (κ3) is 3.28. The third-order valence-electron chi connectivity index (χ3n) is 4.23. The Kier molecular flexibility index (Phi) is 4.70. The maximum atomic E-state index is 12.7. The minimum atomic E-state index is -1.00. The lowest BCUT2D eigenvalue weighted by Crippen LogP contribution is -2.32. The van der Waals surface area contributed by atoms with Gasteiger partial charge in [0, 0.05) is 12.4 Å². The highest BCUT2D eigenvalue weighted by molar-refractivity contribution is 6.05. The van der Waals surface area contributed by atoms with Crippen molar-refractivity contribution in [3.05, 3.63) is 42.0 Å². The standard InChI is InChI=1S/C17H20N6O3/c1-9(2)14(13-8-23(22-21-13)10(3)17(25)26)20-16(24)11-7-19-12-5-4-6-18-15(11)12/h4-10,14,19H,1-3H3,(H,20,24)(H,25,26). The molecule has 0 aromatic carbocycles. The molecule has 0 spiro atoms. The van der Waals surface area contributed by atoms with Gasteiger partial charge >= 0.3 is 5.97 Å². The van der Waals surface area contributed by atoms with E-state index in [4.69, 9.17) is 5.11 Å². The molecule has 3 N–H and O–H groups in total. The zero-order valence-electron chi connectivity index (χ0n) is 14.7. The van der Waals surface area contributed by atoms with Gasteiger partial charge < -0.3 is 15.4 Å². The number of carboxylic acids is 1. The molecule has 3 aromatic heterocycles. The van der Waals surface area contributed by atoms with Gasteiger partial charge in [-0.25, -0.2) is 9.48 Å². The minimum Gasteiger partial charge on any atom is -0.480 e. The van der Waals surface area contributed by atoms with E-state index in [2.05, 4.69) is 25.6 Å². The summed E-state index contributed by atoms with van der Waals surface area (Å²) in [5.41, 5.74) is 2.32. The number of fused-ring (bicyclic) bond motifs is 1. The summed E-state index contributed by atoms with van der Waals surface area (Å²) in [6.07, 6.45) is 4.80. The number of rotatable bonds is 6. The highest BCUT2D eigenvalue weighted by Crippen LogP contribution is 2.22. The van der Waals surface area contributed by atoms with E-state index >= 15 is 0 Å². The molecular weight excluding hydrogens is 336 g/mol. The predicted octanol–water partition coefficient (Wildman–Crippen LogP) is 1.93. The quantitative estimate of drug-likeness (QED) is 0.619. The van der Waals surface area contributed by atoms with Crippen molar-refractivity contribution in [3.8, 4) is 0 Å². The Bertz CT molecular complexity index is 945. The molecule has 9 heteroatoms. The molecule has 3 aromatic rings. The Morgan fingerprint density at radius 2 is 2.08 bits per heavy atom. The summed E-state index contributed by atoms with van der Waals surface area (Å²) in [6.45, 7) is 5.40. The normalized spacial score (nSPS) is 13.7. The monoisotopic (exact) mass is 356 g/mol. The van der Waals surface area contributed by atoms with Gasteiger partial charge in [0.05, 0.1) is 23.3 Å². The number of aromatic nitrogens is 5. The van der Waals surface area contributed by atoms with Crippen molar-refractivity contribution >= 4 is 22.9 Å². The molecule has 9 nitrogen and oxygen atoms in total. The molecule has 3 rings (SSSR count). The molecule has 3 heterocycles. The zero-order valence-corrected chi connectivity index (χ0v) is 14.7. The van der Waals surface area contributed by atoms with Crippen LogP contribution in [0.25, 0.3) is 11.0 Å². The smallest absolute Gasteiger partial charge is 0.328 e. The summed E-state index contributed by atoms with van der Waals surface area (Å²) in [7, 11) is 0. The fourth-order valence-electron chi connectivity index (χ4n) is 2.66. The topological polar surface area (TPSA) is 126 Å². The van der Waals surface area contributed by atoms with Crippen molar-refractivity contribution in [2.75, 3.05) is 0 Å². The van der Waals surface area contributed by atoms with Gasteiger partial charge in [0.25, 0.3) is 5.91 Å². The third-order valence-corrected chi connectivity index (χ3v) is 4.23. The number of aromatic amines is 1. The number of H-pyrrole nitrogens is 1. The van der Waals surface area contributed by atoms with Crippen LogP contribution in [0.4, 0.5) is 0 Å². The van der Waals surface area contributed by atoms with Crippen LogP contribution < -0.4 is 5.32 Å². The van der Waals surface area contributed by atoms with E-state index in [0.717, 1.165) is 5.52 Å². The van der Waals surface area contributed by atoms with E-state index in [1.165, 1.54) is 11.6 Å². The van der Waals surface area contributed by atoms with Gasteiger partial charge in [-0.3, -0.25) is 9.78 Å². The lowest BCUT2D eigenvalue weighted by Gasteiger charge is -2.19. The molecule has 0 radical (unpaired) electrons. The molecule has 0 aliphatic rings. The largest absolute Gasteiger partial charge is 0.480 e. The Balaban J connectivity index is 1.85. The van der Waals surface area contributed by atoms with Crippen LogP contribution in [-0.4, -0.2) is 41.9 Å². The fraction of sp³-hybridized carbons (Fsp3) is 0.353. The number of hydrogen-bond acceptors (Lipinski definition) is 5. The highest BCUT2D eigenvalue weighted by atomic mass is 16.4. The molecule has 1 amide bonds. The van der Waals surface area contributed by atoms with E-state index < -0.39 is 18.1 Å². The second kappa shape index (κ2) is 6.95. The van der Waals surface area contributed by atoms with Crippen molar-refractivity contribution in [1.29, 1.82) is 0 Å². The van der Waals surface area contributed by atoms with Gasteiger partial charge in [-0.05, 0) is 25.0 Å². The maximum Gasteiger partial charge on any atom is 0.328 e. The summed E-state index contributed by atoms with van der Waals surface area (Å²) >= 11 is 0. The summed E-state index contributed by atoms with van der Waals surface area (Å²) in [5.74, 6) is -1.26. The summed E-state index contributed by atoms with van der Waals surface area (Å²) in [6, 6.07) is 2.39. The average Bonchev–Trinajstić information content (AvgIpc) is 3.25. The van der Waals surface area contributed by atoms with Crippen molar-refractivity contribution in [2.24, 2.45) is 5.92 Å². The molecule has 0 saturated carbocycles. The number of carbonyl (C=O) groups is 2. The van der Waals surface area contributed by atoms with Crippen LogP contribution in [0.1, 0.15) is 48.9 Å². The Morgan fingerprint density at radius 3 is 2.77 bits per heavy atom. The Labute approximate surface area is 149 Å². The molecular formula is C17H20N6O3. The van der Waals surface area contributed by atoms with E-state index in [9.17, 15) is 9.59 Å². The second-order valence-electron chi connectivity index (χ2n) is 6.43. The first kappa shape index (κ1) is 17.6. The fourth-order valence-corrected chi connectivity index (χ4v) is 2.66. The number of nitrogens with zero attached hydrogens (tertiary/aromatic N) is 4. The molecule has 0 fully saturated rings. The van der Waals surface area contributed by atoms with Crippen LogP contribution in [0.5, 0.6) is 0 Å². The van der Waals surface area contributed by atoms with Gasteiger partial charge in [-0.15, -0.1) is 5.10 Å². The first-order chi connectivity index (χ1) is 12.4. The van der Waals surface area contributed by atoms with Crippen molar-refractivity contribution in [2.45, 2.75) is 32.9 Å². The Hall–Kier alpha value is -3.23. The van der Waals surface area contributed by atoms with Crippen molar-refractivity contribution in [3.63, 3.8) is 0 Å². The number of pyridine rings is 1. The molecule has 2 unspecified atom stereocenters. The minimum absolute atomic E-state index is 0.0300. The summed E-state index contributed by atoms with van der Waals surface area (Å²) in [4.78, 5) is 31.1. The van der Waals surface area contributed by atoms with E-state index in [0.29, 0.717) is 16.8 Å². The van der Waals surface area contributed by atoms with E-state index in [1.807, 2.05) is 19.9 Å². The van der Waals surface area contributed by atoms with Gasteiger partial charge in [0.15, 0.2) is 0 Å². The van der Waals surface area contributed by atoms with Crippen LogP contribution in [-0.2, 0) is 4.79 Å². The lowest BCUT2D eigenvalue weighted by atomic mass is 10.0. The lowest BCUT2D eigenvalue weighted by molar-refractivity contribution is -0.140. The molecule has 136 valence electrons. The van der Waals surface area contributed by atoms with Crippen LogP contribution in [0.3, 0.4) is 0 Å². The number of amides is 1. The van der Waals surface area contributed by atoms with Gasteiger partial charge in [0.1, 0.15) is 17.3 Å². The zero-order chi connectivity index (χ0) is 18.8. The van der Waals surface area contributed by atoms with Crippen LogP contribution in [0.15, 0.2) is 30.7 Å². The van der Waals surface area contributed by atoms with Gasteiger partial charge in [0.2, 0.25) is 0 Å². The molecule has 0 aliphatic heterocycles. The van der Waals surface area contributed by atoms with Crippen LogP contribution >= 0.6 is 0 Å². The molecule has 0 aliphatic carbocycles. The van der Waals surface area contributed by atoms with Gasteiger partial charge in [-0.1, -0.05) is 19.1 Å². The van der Waals surface area contributed by atoms with Crippen molar-refractivity contribution in [1.82, 2.24) is 30.3 Å². The van der Waals surface area contributed by atoms with Crippen LogP contribution in [0, 0.1) is 5.92 Å². The average molecular weight is 356 g/mol. The number of carboxylic acid groups (broad SMARTS) is 1. The summed E-state index contributed by atoms with van der Waals surface area (Å²) in [5, 5.41) is 20.0.